The zero-order valence-electron chi connectivity index (χ0n) is 9.81. The minimum atomic E-state index is -0.418. The number of nitrogens with one attached hydrogen (secondary N) is 1. The molecule has 100 valence electrons. The average Bonchev–Trinajstić information content (AvgIpc) is 2.97. The lowest BCUT2D eigenvalue weighted by molar-refractivity contribution is 0.191. The van der Waals surface area contributed by atoms with Crippen LogP contribution in [-0.2, 0) is 0 Å². The fourth-order valence-electron chi connectivity index (χ4n) is 2.06. The third-order valence-electron chi connectivity index (χ3n) is 3.02. The SMILES string of the molecule is O[C@@H]1CN[C@H](c2nc(-c3ccc(F)cc3Cl)no2)C1. The van der Waals surface area contributed by atoms with Crippen molar-refractivity contribution in [2.75, 3.05) is 6.54 Å². The lowest BCUT2D eigenvalue weighted by Gasteiger charge is -2.01. The number of β-amino-alcohol motifs (C(OH)–C–C–N with tert-alkyl or cyclic N) is 1. The zero-order valence-corrected chi connectivity index (χ0v) is 10.6. The van der Waals surface area contributed by atoms with E-state index in [4.69, 9.17) is 16.1 Å². The molecule has 5 nitrogen and oxygen atoms in total. The number of nitrogens with zero attached hydrogens (tertiary/aromatic N) is 2. The summed E-state index contributed by atoms with van der Waals surface area (Å²) in [6.45, 7) is 0.500. The molecule has 1 aromatic carbocycles. The van der Waals surface area contributed by atoms with Gasteiger partial charge < -0.3 is 14.9 Å². The van der Waals surface area contributed by atoms with E-state index in [2.05, 4.69) is 15.5 Å². The van der Waals surface area contributed by atoms with Crippen molar-refractivity contribution >= 4 is 11.6 Å². The number of hydrogen-bond donors (Lipinski definition) is 2. The van der Waals surface area contributed by atoms with Crippen LogP contribution in [0.15, 0.2) is 22.7 Å². The van der Waals surface area contributed by atoms with E-state index in [0.29, 0.717) is 30.2 Å². The highest BCUT2D eigenvalue weighted by Gasteiger charge is 2.28. The lowest BCUT2D eigenvalue weighted by atomic mass is 10.2. The monoisotopic (exact) mass is 283 g/mol. The summed E-state index contributed by atoms with van der Waals surface area (Å²) in [7, 11) is 0. The van der Waals surface area contributed by atoms with Crippen molar-refractivity contribution in [3.8, 4) is 11.4 Å². The summed E-state index contributed by atoms with van der Waals surface area (Å²) in [6, 6.07) is 3.83. The Morgan fingerprint density at radius 1 is 1.47 bits per heavy atom. The molecule has 19 heavy (non-hydrogen) atoms. The van der Waals surface area contributed by atoms with Gasteiger partial charge in [-0.1, -0.05) is 16.8 Å². The van der Waals surface area contributed by atoms with E-state index < -0.39 is 11.9 Å². The van der Waals surface area contributed by atoms with E-state index in [9.17, 15) is 9.50 Å². The van der Waals surface area contributed by atoms with Gasteiger partial charge in [-0.3, -0.25) is 0 Å². The number of aliphatic hydroxyl groups is 1. The van der Waals surface area contributed by atoms with E-state index >= 15 is 0 Å². The largest absolute Gasteiger partial charge is 0.392 e. The van der Waals surface area contributed by atoms with Gasteiger partial charge in [0.1, 0.15) is 5.82 Å². The molecule has 7 heteroatoms. The maximum Gasteiger partial charge on any atom is 0.244 e. The molecule has 0 unspecified atom stereocenters. The summed E-state index contributed by atoms with van der Waals surface area (Å²) in [5.74, 6) is 0.285. The van der Waals surface area contributed by atoms with Gasteiger partial charge in [0, 0.05) is 12.1 Å². The van der Waals surface area contributed by atoms with E-state index in [1.807, 2.05) is 0 Å². The molecule has 0 saturated carbocycles. The second-order valence-corrected chi connectivity index (χ2v) is 4.84. The van der Waals surface area contributed by atoms with Crippen molar-refractivity contribution in [3.63, 3.8) is 0 Å². The van der Waals surface area contributed by atoms with Crippen molar-refractivity contribution in [1.82, 2.24) is 15.5 Å². The predicted octanol–water partition coefficient (Wildman–Crippen LogP) is 1.92. The maximum atomic E-state index is 13.0. The van der Waals surface area contributed by atoms with Crippen LogP contribution in [-0.4, -0.2) is 27.9 Å². The Morgan fingerprint density at radius 3 is 3.00 bits per heavy atom. The molecule has 3 rings (SSSR count). The van der Waals surface area contributed by atoms with Crippen LogP contribution in [0, 0.1) is 5.82 Å². The van der Waals surface area contributed by atoms with Crippen molar-refractivity contribution in [1.29, 1.82) is 0 Å². The fourth-order valence-corrected chi connectivity index (χ4v) is 2.31. The molecule has 0 spiro atoms. The molecule has 2 N–H and O–H groups in total. The predicted molar refractivity (Wildman–Crippen MR) is 66.1 cm³/mol. The standard InChI is InChI=1S/C12H11ClFN3O2/c13-9-3-6(14)1-2-8(9)11-16-12(19-17-11)10-4-7(18)5-15-10/h1-3,7,10,15,18H,4-5H2/t7-,10-/m0/s1. The van der Waals surface area contributed by atoms with Crippen LogP contribution >= 0.6 is 11.6 Å². The van der Waals surface area contributed by atoms with Crippen LogP contribution in [0.1, 0.15) is 18.4 Å². The van der Waals surface area contributed by atoms with Gasteiger partial charge in [0.05, 0.1) is 17.2 Å². The molecular weight excluding hydrogens is 273 g/mol. The Hall–Kier alpha value is -1.50. The molecule has 2 aromatic rings. The van der Waals surface area contributed by atoms with Crippen LogP contribution < -0.4 is 5.32 Å². The fraction of sp³-hybridized carbons (Fsp3) is 0.333. The second kappa shape index (κ2) is 4.88. The molecule has 2 heterocycles. The van der Waals surface area contributed by atoms with Crippen molar-refractivity contribution in [2.24, 2.45) is 0 Å². The number of halogens is 2. The molecular formula is C12H11ClFN3O2. The molecule has 1 aromatic heterocycles. The summed E-state index contributed by atoms with van der Waals surface area (Å²) >= 11 is 5.94. The quantitative estimate of drug-likeness (QED) is 0.881. The van der Waals surface area contributed by atoms with Gasteiger partial charge in [-0.15, -0.1) is 0 Å². The second-order valence-electron chi connectivity index (χ2n) is 4.43. The van der Waals surface area contributed by atoms with Gasteiger partial charge in [0.15, 0.2) is 0 Å². The normalized spacial score (nSPS) is 22.9. The van der Waals surface area contributed by atoms with Gasteiger partial charge in [-0.2, -0.15) is 4.98 Å². The maximum absolute atomic E-state index is 13.0. The Morgan fingerprint density at radius 2 is 2.32 bits per heavy atom. The number of aromatic nitrogens is 2. The molecule has 2 atom stereocenters. The highest BCUT2D eigenvalue weighted by molar-refractivity contribution is 6.33. The molecule has 0 bridgehead atoms. The van der Waals surface area contributed by atoms with Gasteiger partial charge >= 0.3 is 0 Å². The zero-order chi connectivity index (χ0) is 13.4. The summed E-state index contributed by atoms with van der Waals surface area (Å²) in [5, 5.41) is 16.6. The van der Waals surface area contributed by atoms with Crippen molar-refractivity contribution in [3.05, 3.63) is 34.9 Å². The molecule has 1 saturated heterocycles. The first-order valence-corrected chi connectivity index (χ1v) is 6.22. The van der Waals surface area contributed by atoms with Crippen LogP contribution in [0.3, 0.4) is 0 Å². The smallest absolute Gasteiger partial charge is 0.244 e. The van der Waals surface area contributed by atoms with E-state index in [-0.39, 0.29) is 11.1 Å². The van der Waals surface area contributed by atoms with Gasteiger partial charge in [0.25, 0.3) is 0 Å². The minimum absolute atomic E-state index is 0.157. The first-order valence-electron chi connectivity index (χ1n) is 5.84. The number of rotatable bonds is 2. The molecule has 1 aliphatic rings. The van der Waals surface area contributed by atoms with Gasteiger partial charge in [-0.05, 0) is 24.6 Å². The van der Waals surface area contributed by atoms with E-state index in [0.717, 1.165) is 0 Å². The van der Waals surface area contributed by atoms with Crippen LogP contribution in [0.2, 0.25) is 5.02 Å². The summed E-state index contributed by atoms with van der Waals surface area (Å²) < 4.78 is 18.1. The van der Waals surface area contributed by atoms with Crippen LogP contribution in [0.4, 0.5) is 4.39 Å². The van der Waals surface area contributed by atoms with Gasteiger partial charge in [0.2, 0.25) is 11.7 Å². The minimum Gasteiger partial charge on any atom is -0.392 e. The number of benzene rings is 1. The highest BCUT2D eigenvalue weighted by Crippen LogP contribution is 2.28. The molecule has 1 fully saturated rings. The lowest BCUT2D eigenvalue weighted by Crippen LogP contribution is -2.15. The Bertz CT molecular complexity index is 604. The van der Waals surface area contributed by atoms with Crippen LogP contribution in [0.5, 0.6) is 0 Å². The Labute approximate surface area is 113 Å². The average molecular weight is 284 g/mol. The van der Waals surface area contributed by atoms with Crippen molar-refractivity contribution in [2.45, 2.75) is 18.6 Å². The third-order valence-corrected chi connectivity index (χ3v) is 3.33. The van der Waals surface area contributed by atoms with E-state index in [1.165, 1.54) is 18.2 Å². The summed E-state index contributed by atoms with van der Waals surface area (Å²) in [4.78, 5) is 4.23. The topological polar surface area (TPSA) is 71.2 Å². The molecule has 0 radical (unpaired) electrons. The Kier molecular flexibility index (Phi) is 3.22. The molecule has 1 aliphatic heterocycles. The molecule has 0 aliphatic carbocycles. The number of hydrogen-bond acceptors (Lipinski definition) is 5. The first kappa shape index (κ1) is 12.5. The highest BCUT2D eigenvalue weighted by atomic mass is 35.5. The van der Waals surface area contributed by atoms with Crippen LogP contribution in [0.25, 0.3) is 11.4 Å². The summed E-state index contributed by atoms with van der Waals surface area (Å²) in [6.07, 6.45) is 0.119. The number of aliphatic hydroxyl groups excluding tert-OH is 1. The Balaban J connectivity index is 1.88. The summed E-state index contributed by atoms with van der Waals surface area (Å²) in [5.41, 5.74) is 0.511. The first-order chi connectivity index (χ1) is 9.13. The van der Waals surface area contributed by atoms with Gasteiger partial charge in [-0.25, -0.2) is 4.39 Å². The third kappa shape index (κ3) is 2.47. The molecule has 0 amide bonds. The van der Waals surface area contributed by atoms with Crippen molar-refractivity contribution < 1.29 is 14.0 Å². The van der Waals surface area contributed by atoms with E-state index in [1.54, 1.807) is 0 Å².